The molecule has 0 spiro atoms. The molecule has 34 heavy (non-hydrogen) atoms. The molecule has 0 unspecified atom stereocenters. The van der Waals surface area contributed by atoms with Crippen LogP contribution in [0.2, 0.25) is 0 Å². The van der Waals surface area contributed by atoms with E-state index in [1.807, 2.05) is 35.8 Å². The number of hydrogen-bond donors (Lipinski definition) is 1. The minimum absolute atomic E-state index is 0.0704. The van der Waals surface area contributed by atoms with Crippen LogP contribution >= 0.6 is 0 Å². The van der Waals surface area contributed by atoms with Crippen molar-refractivity contribution in [3.8, 4) is 11.5 Å². The summed E-state index contributed by atoms with van der Waals surface area (Å²) >= 11 is 0. The molecule has 178 valence electrons. The van der Waals surface area contributed by atoms with Crippen molar-refractivity contribution in [1.29, 1.82) is 0 Å². The van der Waals surface area contributed by atoms with Gasteiger partial charge in [0.2, 0.25) is 0 Å². The van der Waals surface area contributed by atoms with Gasteiger partial charge in [0.15, 0.2) is 5.82 Å². The van der Waals surface area contributed by atoms with E-state index in [-0.39, 0.29) is 18.5 Å². The second kappa shape index (κ2) is 8.47. The summed E-state index contributed by atoms with van der Waals surface area (Å²) in [6, 6.07) is 8.58. The highest BCUT2D eigenvalue weighted by Crippen LogP contribution is 2.35. The number of fused-ring (bicyclic) bond motifs is 1. The molecular weight excluding hydrogens is 428 g/mol. The minimum atomic E-state index is -0.0704. The fourth-order valence-electron chi connectivity index (χ4n) is 5.35. The van der Waals surface area contributed by atoms with Crippen molar-refractivity contribution in [3.05, 3.63) is 46.9 Å². The van der Waals surface area contributed by atoms with Gasteiger partial charge >= 0.3 is 0 Å². The highest BCUT2D eigenvalue weighted by Gasteiger charge is 2.35. The number of nitrogens with zero attached hydrogens (tertiary/aromatic N) is 7. The molecule has 0 radical (unpaired) electrons. The average molecular weight is 461 g/mol. The SMILES string of the molecule is Cc1nnc(-c2cccc(N3Cc4c(cc(N5[C@H](C)CC[C@H]5C)nc4CN)C3=O)n2)n1C(C)C. The number of amides is 1. The number of aryl methyl sites for hydroxylation is 1. The van der Waals surface area contributed by atoms with Crippen molar-refractivity contribution in [2.75, 3.05) is 9.80 Å². The Bertz CT molecular complexity index is 1240. The number of carbonyl (C=O) groups excluding carboxylic acids is 1. The normalized spacial score (nSPS) is 20.0. The van der Waals surface area contributed by atoms with Crippen LogP contribution in [0.15, 0.2) is 24.3 Å². The van der Waals surface area contributed by atoms with E-state index in [9.17, 15) is 4.79 Å². The molecule has 0 bridgehead atoms. The zero-order valence-corrected chi connectivity index (χ0v) is 20.5. The Morgan fingerprint density at radius 1 is 1.09 bits per heavy atom. The second-order valence-corrected chi connectivity index (χ2v) is 9.65. The van der Waals surface area contributed by atoms with Gasteiger partial charge in [-0.2, -0.15) is 0 Å². The van der Waals surface area contributed by atoms with Crippen LogP contribution in [-0.4, -0.2) is 42.7 Å². The lowest BCUT2D eigenvalue weighted by atomic mass is 10.1. The molecule has 3 aromatic heterocycles. The van der Waals surface area contributed by atoms with Crippen molar-refractivity contribution >= 4 is 17.5 Å². The van der Waals surface area contributed by atoms with Gasteiger partial charge in [0.1, 0.15) is 23.2 Å². The van der Waals surface area contributed by atoms with Gasteiger partial charge in [-0.1, -0.05) is 6.07 Å². The standard InChI is InChI=1S/C25H32N8O/c1-14(2)32-17(5)29-30-24(32)20-7-6-8-22(27-20)31-13-19-18(25(31)34)11-23(28-21(19)12-26)33-15(3)9-10-16(33)4/h6-8,11,14-16H,9-10,12-13,26H2,1-5H3/t15-,16-/m1/s1. The summed E-state index contributed by atoms with van der Waals surface area (Å²) in [5, 5.41) is 8.58. The predicted octanol–water partition coefficient (Wildman–Crippen LogP) is 3.62. The van der Waals surface area contributed by atoms with Gasteiger partial charge in [-0.3, -0.25) is 9.69 Å². The maximum absolute atomic E-state index is 13.6. The first kappa shape index (κ1) is 22.5. The van der Waals surface area contributed by atoms with Crippen molar-refractivity contribution in [1.82, 2.24) is 24.7 Å². The van der Waals surface area contributed by atoms with E-state index in [0.717, 1.165) is 35.7 Å². The van der Waals surface area contributed by atoms with Crippen molar-refractivity contribution in [2.24, 2.45) is 5.73 Å². The van der Waals surface area contributed by atoms with Crippen molar-refractivity contribution in [3.63, 3.8) is 0 Å². The predicted molar refractivity (Wildman–Crippen MR) is 132 cm³/mol. The van der Waals surface area contributed by atoms with Crippen LogP contribution in [0, 0.1) is 6.92 Å². The number of carbonyl (C=O) groups is 1. The van der Waals surface area contributed by atoms with Gasteiger partial charge < -0.3 is 15.2 Å². The quantitative estimate of drug-likeness (QED) is 0.620. The van der Waals surface area contributed by atoms with E-state index in [4.69, 9.17) is 15.7 Å². The number of anilines is 2. The first-order valence-electron chi connectivity index (χ1n) is 12.0. The van der Waals surface area contributed by atoms with E-state index in [0.29, 0.717) is 41.5 Å². The maximum atomic E-state index is 13.6. The largest absolute Gasteiger partial charge is 0.351 e. The van der Waals surface area contributed by atoms with Crippen LogP contribution in [0.4, 0.5) is 11.6 Å². The van der Waals surface area contributed by atoms with Crippen LogP contribution in [-0.2, 0) is 13.1 Å². The number of hydrogen-bond acceptors (Lipinski definition) is 7. The smallest absolute Gasteiger partial charge is 0.260 e. The molecule has 1 fully saturated rings. The molecule has 0 aliphatic carbocycles. The average Bonchev–Trinajstić information content (AvgIpc) is 3.48. The summed E-state index contributed by atoms with van der Waals surface area (Å²) in [7, 11) is 0. The molecular formula is C25H32N8O. The molecule has 2 atom stereocenters. The third-order valence-corrected chi connectivity index (χ3v) is 7.02. The Kier molecular flexibility index (Phi) is 5.59. The molecule has 0 saturated carbocycles. The minimum Gasteiger partial charge on any atom is -0.351 e. The molecule has 0 aromatic carbocycles. The first-order chi connectivity index (χ1) is 16.3. The van der Waals surface area contributed by atoms with Crippen LogP contribution in [0.25, 0.3) is 11.5 Å². The Labute approximate surface area is 200 Å². The lowest BCUT2D eigenvalue weighted by Gasteiger charge is -2.28. The number of nitrogens with two attached hydrogens (primary N) is 1. The molecule has 5 rings (SSSR count). The number of aromatic nitrogens is 5. The molecule has 1 saturated heterocycles. The van der Waals surface area contributed by atoms with E-state index in [1.165, 1.54) is 0 Å². The fourth-order valence-corrected chi connectivity index (χ4v) is 5.35. The van der Waals surface area contributed by atoms with Gasteiger partial charge in [-0.25, -0.2) is 9.97 Å². The van der Waals surface area contributed by atoms with E-state index >= 15 is 0 Å². The highest BCUT2D eigenvalue weighted by molar-refractivity contribution is 6.10. The third kappa shape index (κ3) is 3.55. The summed E-state index contributed by atoms with van der Waals surface area (Å²) in [6.45, 7) is 11.2. The van der Waals surface area contributed by atoms with E-state index in [2.05, 4.69) is 42.8 Å². The lowest BCUT2D eigenvalue weighted by molar-refractivity contribution is 0.0996. The molecule has 1 amide bonds. The zero-order chi connectivity index (χ0) is 24.1. The second-order valence-electron chi connectivity index (χ2n) is 9.65. The van der Waals surface area contributed by atoms with Gasteiger partial charge in [-0.15, -0.1) is 10.2 Å². The summed E-state index contributed by atoms with van der Waals surface area (Å²) in [6.07, 6.45) is 2.24. The van der Waals surface area contributed by atoms with Crippen LogP contribution in [0.1, 0.15) is 74.0 Å². The van der Waals surface area contributed by atoms with Gasteiger partial charge in [0.25, 0.3) is 5.91 Å². The Balaban J connectivity index is 1.52. The number of pyridine rings is 2. The fraction of sp³-hybridized carbons (Fsp3) is 0.480. The summed E-state index contributed by atoms with van der Waals surface area (Å²) in [4.78, 5) is 27.3. The Morgan fingerprint density at radius 2 is 1.82 bits per heavy atom. The van der Waals surface area contributed by atoms with Gasteiger partial charge in [-0.05, 0) is 65.7 Å². The van der Waals surface area contributed by atoms with E-state index in [1.54, 1.807) is 4.90 Å². The molecule has 2 aliphatic rings. The molecule has 2 N–H and O–H groups in total. The molecule has 5 heterocycles. The van der Waals surface area contributed by atoms with Crippen LogP contribution in [0.5, 0.6) is 0 Å². The van der Waals surface area contributed by atoms with Crippen molar-refractivity contribution in [2.45, 2.75) is 78.7 Å². The topological polar surface area (TPSA) is 106 Å². The third-order valence-electron chi connectivity index (χ3n) is 7.02. The molecule has 9 heteroatoms. The van der Waals surface area contributed by atoms with Crippen molar-refractivity contribution < 1.29 is 4.79 Å². The van der Waals surface area contributed by atoms with Gasteiger partial charge in [0, 0.05) is 30.2 Å². The first-order valence-corrected chi connectivity index (χ1v) is 12.0. The molecule has 2 aliphatic heterocycles. The van der Waals surface area contributed by atoms with Crippen LogP contribution in [0.3, 0.4) is 0 Å². The maximum Gasteiger partial charge on any atom is 0.260 e. The van der Waals surface area contributed by atoms with E-state index < -0.39 is 0 Å². The molecule has 3 aromatic rings. The zero-order valence-electron chi connectivity index (χ0n) is 20.5. The Morgan fingerprint density at radius 3 is 2.50 bits per heavy atom. The summed E-state index contributed by atoms with van der Waals surface area (Å²) in [5.74, 6) is 2.88. The highest BCUT2D eigenvalue weighted by atomic mass is 16.2. The summed E-state index contributed by atoms with van der Waals surface area (Å²) < 4.78 is 2.05. The van der Waals surface area contributed by atoms with Crippen LogP contribution < -0.4 is 15.5 Å². The Hall–Kier alpha value is -3.33. The number of rotatable bonds is 5. The summed E-state index contributed by atoms with van der Waals surface area (Å²) in [5.41, 5.74) is 9.12. The van der Waals surface area contributed by atoms with Gasteiger partial charge in [0.05, 0.1) is 17.8 Å². The monoisotopic (exact) mass is 460 g/mol. The lowest BCUT2D eigenvalue weighted by Crippen LogP contribution is -2.33. The molecule has 9 nitrogen and oxygen atoms in total.